The van der Waals surface area contributed by atoms with E-state index in [0.717, 1.165) is 31.3 Å². The molecule has 0 N–H and O–H groups in total. The number of cyclic esters (lactones) is 1. The molecule has 1 saturated carbocycles. The van der Waals surface area contributed by atoms with Crippen LogP contribution in [0, 0.1) is 19.3 Å². The van der Waals surface area contributed by atoms with Gasteiger partial charge in [0.1, 0.15) is 6.61 Å². The van der Waals surface area contributed by atoms with E-state index in [0.29, 0.717) is 12.5 Å². The summed E-state index contributed by atoms with van der Waals surface area (Å²) >= 11 is 0. The van der Waals surface area contributed by atoms with Crippen LogP contribution in [0.3, 0.4) is 0 Å². The van der Waals surface area contributed by atoms with Crippen LogP contribution in [0.5, 0.6) is 0 Å². The van der Waals surface area contributed by atoms with Crippen LogP contribution in [0.15, 0.2) is 30.4 Å². The Kier molecular flexibility index (Phi) is 3.19. The van der Waals surface area contributed by atoms with Crippen molar-refractivity contribution in [2.24, 2.45) is 5.41 Å². The molecule has 0 bridgehead atoms. The number of rotatable bonds is 1. The van der Waals surface area contributed by atoms with E-state index in [4.69, 9.17) is 4.74 Å². The maximum Gasteiger partial charge on any atom is 0.316 e. The average molecular weight is 270 g/mol. The Balaban J connectivity index is 1.79. The number of esters is 1. The van der Waals surface area contributed by atoms with Gasteiger partial charge >= 0.3 is 5.97 Å². The van der Waals surface area contributed by atoms with Crippen molar-refractivity contribution < 1.29 is 9.53 Å². The molecule has 2 fully saturated rings. The van der Waals surface area contributed by atoms with Gasteiger partial charge in [-0.2, -0.15) is 0 Å². The van der Waals surface area contributed by atoms with Crippen molar-refractivity contribution in [3.63, 3.8) is 0 Å². The van der Waals surface area contributed by atoms with Crippen LogP contribution in [-0.2, 0) is 9.53 Å². The molecule has 2 aliphatic rings. The van der Waals surface area contributed by atoms with E-state index in [2.05, 4.69) is 38.6 Å². The van der Waals surface area contributed by atoms with Crippen molar-refractivity contribution in [3.8, 4) is 0 Å². The third kappa shape index (κ3) is 1.98. The summed E-state index contributed by atoms with van der Waals surface area (Å²) in [6.45, 7) is 8.81. The highest BCUT2D eigenvalue weighted by Gasteiger charge is 2.49. The van der Waals surface area contributed by atoms with Gasteiger partial charge in [0.25, 0.3) is 0 Å². The van der Waals surface area contributed by atoms with Gasteiger partial charge in [-0.05, 0) is 62.1 Å². The van der Waals surface area contributed by atoms with E-state index in [9.17, 15) is 4.79 Å². The maximum absolute atomic E-state index is 12.0. The zero-order chi connectivity index (χ0) is 14.3. The minimum absolute atomic E-state index is 0.0402. The maximum atomic E-state index is 12.0. The summed E-state index contributed by atoms with van der Waals surface area (Å²) in [5, 5.41) is 0. The lowest BCUT2D eigenvalue weighted by atomic mass is 9.66. The Bertz CT molecular complexity index is 545. The summed E-state index contributed by atoms with van der Waals surface area (Å²) < 4.78 is 5.20. The molecule has 2 nitrogen and oxygen atoms in total. The van der Waals surface area contributed by atoms with E-state index >= 15 is 0 Å². The number of hydrogen-bond donors (Lipinski definition) is 0. The number of carbonyl (C=O) groups excluding carboxylic acids is 1. The Morgan fingerprint density at radius 3 is 2.50 bits per heavy atom. The summed E-state index contributed by atoms with van der Waals surface area (Å²) in [6, 6.07) is 6.70. The van der Waals surface area contributed by atoms with Crippen molar-refractivity contribution in [2.45, 2.75) is 45.4 Å². The number of hydrogen-bond acceptors (Lipinski definition) is 2. The molecule has 0 unspecified atom stereocenters. The SMILES string of the molecule is C=C1COC(=O)C12CCC(c1ccc(C)cc1C)CC2. The fourth-order valence-corrected chi connectivity index (χ4v) is 3.84. The van der Waals surface area contributed by atoms with Crippen LogP contribution < -0.4 is 0 Å². The minimum atomic E-state index is -0.366. The van der Waals surface area contributed by atoms with Gasteiger partial charge in [-0.15, -0.1) is 0 Å². The molecule has 0 atom stereocenters. The van der Waals surface area contributed by atoms with Gasteiger partial charge in [-0.1, -0.05) is 30.3 Å². The lowest BCUT2D eigenvalue weighted by molar-refractivity contribution is -0.147. The molecule has 20 heavy (non-hydrogen) atoms. The standard InChI is InChI=1S/C18H22O2/c1-12-4-5-16(13(2)10-12)15-6-8-18(9-7-15)14(3)11-20-17(18)19/h4-5,10,15H,3,6-9,11H2,1-2H3. The second kappa shape index (κ2) is 4.76. The monoisotopic (exact) mass is 270 g/mol. The highest BCUT2D eigenvalue weighted by molar-refractivity contribution is 5.83. The Morgan fingerprint density at radius 1 is 1.25 bits per heavy atom. The first-order chi connectivity index (χ1) is 9.53. The summed E-state index contributed by atoms with van der Waals surface area (Å²) in [6.07, 6.45) is 3.89. The molecule has 1 spiro atoms. The molecule has 0 aromatic heterocycles. The second-order valence-corrected chi connectivity index (χ2v) is 6.40. The highest BCUT2D eigenvalue weighted by Crippen LogP contribution is 2.50. The first-order valence-corrected chi connectivity index (χ1v) is 7.45. The molecule has 1 saturated heterocycles. The number of benzene rings is 1. The summed E-state index contributed by atoms with van der Waals surface area (Å²) in [5.41, 5.74) is 4.75. The van der Waals surface area contributed by atoms with Crippen LogP contribution >= 0.6 is 0 Å². The van der Waals surface area contributed by atoms with Crippen LogP contribution in [0.1, 0.15) is 48.3 Å². The number of aryl methyl sites for hydroxylation is 2. The molecule has 1 aromatic rings. The third-order valence-electron chi connectivity index (χ3n) is 5.15. The van der Waals surface area contributed by atoms with E-state index < -0.39 is 0 Å². The molecule has 0 amide bonds. The fourth-order valence-electron chi connectivity index (χ4n) is 3.84. The van der Waals surface area contributed by atoms with Crippen LogP contribution in [0.4, 0.5) is 0 Å². The molecule has 1 aliphatic heterocycles. The summed E-state index contributed by atoms with van der Waals surface area (Å²) in [7, 11) is 0. The van der Waals surface area contributed by atoms with Gasteiger partial charge in [0.15, 0.2) is 0 Å². The smallest absolute Gasteiger partial charge is 0.316 e. The normalized spacial score (nSPS) is 29.8. The predicted molar refractivity (Wildman–Crippen MR) is 79.7 cm³/mol. The number of ether oxygens (including phenoxy) is 1. The molecular formula is C18H22O2. The second-order valence-electron chi connectivity index (χ2n) is 6.40. The lowest BCUT2D eigenvalue weighted by Gasteiger charge is -2.35. The topological polar surface area (TPSA) is 26.3 Å². The summed E-state index contributed by atoms with van der Waals surface area (Å²) in [5.74, 6) is 0.531. The quantitative estimate of drug-likeness (QED) is 0.568. The van der Waals surface area contributed by atoms with Gasteiger partial charge in [0.05, 0.1) is 5.41 Å². The molecule has 1 aliphatic carbocycles. The van der Waals surface area contributed by atoms with Crippen LogP contribution in [-0.4, -0.2) is 12.6 Å². The zero-order valence-electron chi connectivity index (χ0n) is 12.4. The molecule has 106 valence electrons. The van der Waals surface area contributed by atoms with Gasteiger partial charge in [0, 0.05) is 0 Å². The van der Waals surface area contributed by atoms with Crippen LogP contribution in [0.2, 0.25) is 0 Å². The van der Waals surface area contributed by atoms with Gasteiger partial charge in [-0.25, -0.2) is 0 Å². The Hall–Kier alpha value is -1.57. The van der Waals surface area contributed by atoms with Crippen molar-refractivity contribution in [1.82, 2.24) is 0 Å². The van der Waals surface area contributed by atoms with Crippen molar-refractivity contribution >= 4 is 5.97 Å². The third-order valence-corrected chi connectivity index (χ3v) is 5.15. The van der Waals surface area contributed by atoms with Gasteiger partial charge in [0.2, 0.25) is 0 Å². The molecule has 0 radical (unpaired) electrons. The minimum Gasteiger partial charge on any atom is -0.460 e. The van der Waals surface area contributed by atoms with E-state index in [1.807, 2.05) is 0 Å². The molecule has 1 aromatic carbocycles. The Labute approximate surface area is 120 Å². The lowest BCUT2D eigenvalue weighted by Crippen LogP contribution is -2.32. The van der Waals surface area contributed by atoms with Gasteiger partial charge < -0.3 is 4.74 Å². The first kappa shape index (κ1) is 13.4. The van der Waals surface area contributed by atoms with Gasteiger partial charge in [-0.3, -0.25) is 4.79 Å². The first-order valence-electron chi connectivity index (χ1n) is 7.45. The van der Waals surface area contributed by atoms with E-state index in [-0.39, 0.29) is 11.4 Å². The van der Waals surface area contributed by atoms with Crippen molar-refractivity contribution in [1.29, 1.82) is 0 Å². The predicted octanol–water partition coefficient (Wildman–Crippen LogP) is 4.06. The largest absolute Gasteiger partial charge is 0.460 e. The average Bonchev–Trinajstić information content (AvgIpc) is 2.69. The molecule has 1 heterocycles. The van der Waals surface area contributed by atoms with Crippen LogP contribution in [0.25, 0.3) is 0 Å². The molecular weight excluding hydrogens is 248 g/mol. The van der Waals surface area contributed by atoms with Crippen molar-refractivity contribution in [2.75, 3.05) is 6.61 Å². The molecule has 2 heteroatoms. The zero-order valence-corrected chi connectivity index (χ0v) is 12.4. The van der Waals surface area contributed by atoms with Crippen molar-refractivity contribution in [3.05, 3.63) is 47.0 Å². The number of carbonyl (C=O) groups is 1. The fraction of sp³-hybridized carbons (Fsp3) is 0.500. The van der Waals surface area contributed by atoms with E-state index in [1.165, 1.54) is 16.7 Å². The summed E-state index contributed by atoms with van der Waals surface area (Å²) in [4.78, 5) is 12.0. The Morgan fingerprint density at radius 2 is 1.95 bits per heavy atom. The molecule has 3 rings (SSSR count). The van der Waals surface area contributed by atoms with E-state index in [1.54, 1.807) is 0 Å². The highest BCUT2D eigenvalue weighted by atomic mass is 16.5.